The summed E-state index contributed by atoms with van der Waals surface area (Å²) in [6.07, 6.45) is 5.13. The highest BCUT2D eigenvalue weighted by Gasteiger charge is 2.45. The van der Waals surface area contributed by atoms with Gasteiger partial charge in [-0.15, -0.1) is 0 Å². The van der Waals surface area contributed by atoms with Crippen molar-refractivity contribution in [2.75, 3.05) is 12.8 Å². The molecule has 2 saturated heterocycles. The van der Waals surface area contributed by atoms with Crippen LogP contribution in [0, 0.1) is 0 Å². The van der Waals surface area contributed by atoms with E-state index >= 15 is 0 Å². The molecule has 1 aromatic rings. The van der Waals surface area contributed by atoms with Crippen LogP contribution < -0.4 is 5.32 Å². The Morgan fingerprint density at radius 2 is 1.78 bits per heavy atom. The second-order valence-electron chi connectivity index (χ2n) is 6.68. The smallest absolute Gasteiger partial charge is 0.317 e. The zero-order valence-electron chi connectivity index (χ0n) is 13.4. The highest BCUT2D eigenvalue weighted by Crippen LogP contribution is 2.37. The fraction of sp³-hybridized carbons (Fsp3) is 0.588. The van der Waals surface area contributed by atoms with Crippen molar-refractivity contribution >= 4 is 15.9 Å². The minimum atomic E-state index is -3.01. The third-order valence-corrected chi connectivity index (χ3v) is 6.66. The molecule has 1 N–H and O–H groups in total. The van der Waals surface area contributed by atoms with Crippen molar-refractivity contribution in [3.63, 3.8) is 0 Å². The van der Waals surface area contributed by atoms with Gasteiger partial charge in [0.2, 0.25) is 0 Å². The molecule has 2 heterocycles. The van der Waals surface area contributed by atoms with Gasteiger partial charge >= 0.3 is 6.03 Å². The molecule has 3 rings (SSSR count). The van der Waals surface area contributed by atoms with Gasteiger partial charge in [0.15, 0.2) is 0 Å². The van der Waals surface area contributed by atoms with E-state index in [1.54, 1.807) is 0 Å². The monoisotopic (exact) mass is 336 g/mol. The van der Waals surface area contributed by atoms with Crippen molar-refractivity contribution in [2.24, 2.45) is 0 Å². The number of carbonyl (C=O) groups excluding carboxylic acids is 1. The van der Waals surface area contributed by atoms with Crippen molar-refractivity contribution in [1.82, 2.24) is 10.2 Å². The van der Waals surface area contributed by atoms with Crippen LogP contribution in [0.1, 0.15) is 31.2 Å². The maximum atomic E-state index is 12.5. The maximum Gasteiger partial charge on any atom is 0.317 e. The molecule has 2 fully saturated rings. The number of hydrogen-bond acceptors (Lipinski definition) is 3. The molecular weight excluding hydrogens is 312 g/mol. The van der Waals surface area contributed by atoms with Crippen LogP contribution in [0.4, 0.5) is 4.79 Å². The number of hydrogen-bond donors (Lipinski definition) is 1. The zero-order chi connectivity index (χ0) is 16.4. The van der Waals surface area contributed by atoms with E-state index in [9.17, 15) is 13.2 Å². The number of sulfone groups is 1. The molecule has 2 aliphatic heterocycles. The first-order chi connectivity index (χ1) is 10.9. The quantitative estimate of drug-likeness (QED) is 0.914. The summed E-state index contributed by atoms with van der Waals surface area (Å²) in [4.78, 5) is 14.4. The van der Waals surface area contributed by atoms with Crippen LogP contribution in [0.3, 0.4) is 0 Å². The molecule has 23 heavy (non-hydrogen) atoms. The third-order valence-electron chi connectivity index (χ3n) is 5.06. The molecule has 2 amide bonds. The van der Waals surface area contributed by atoms with Crippen LogP contribution in [0.2, 0.25) is 0 Å². The minimum Gasteiger partial charge on any atom is -0.338 e. The van der Waals surface area contributed by atoms with E-state index in [2.05, 4.69) is 5.32 Å². The van der Waals surface area contributed by atoms with Crippen molar-refractivity contribution in [1.29, 1.82) is 0 Å². The Hall–Kier alpha value is -1.56. The summed E-state index contributed by atoms with van der Waals surface area (Å²) in [6.45, 7) is 0.605. The van der Waals surface area contributed by atoms with Gasteiger partial charge < -0.3 is 10.2 Å². The number of carbonyl (C=O) groups is 1. The van der Waals surface area contributed by atoms with Gasteiger partial charge in [-0.25, -0.2) is 13.2 Å². The molecule has 6 heteroatoms. The number of nitrogens with zero attached hydrogens (tertiary/aromatic N) is 1. The number of amides is 2. The molecule has 0 spiro atoms. The molecule has 0 radical (unpaired) electrons. The fourth-order valence-electron chi connectivity index (χ4n) is 3.86. The predicted molar refractivity (Wildman–Crippen MR) is 90.1 cm³/mol. The van der Waals surface area contributed by atoms with Crippen LogP contribution in [0.15, 0.2) is 30.3 Å². The summed E-state index contributed by atoms with van der Waals surface area (Å²) in [5.74, 6) is 0. The number of urea groups is 1. The molecule has 2 bridgehead atoms. The molecule has 0 aliphatic carbocycles. The molecule has 2 atom stereocenters. The largest absolute Gasteiger partial charge is 0.338 e. The van der Waals surface area contributed by atoms with Gasteiger partial charge in [-0.2, -0.15) is 0 Å². The lowest BCUT2D eigenvalue weighted by molar-refractivity contribution is 0.148. The summed E-state index contributed by atoms with van der Waals surface area (Å²) >= 11 is 0. The third kappa shape index (κ3) is 3.68. The minimum absolute atomic E-state index is 0.0413. The molecule has 2 aliphatic rings. The topological polar surface area (TPSA) is 66.5 Å². The Labute approximate surface area is 138 Å². The Kier molecular flexibility index (Phi) is 4.62. The lowest BCUT2D eigenvalue weighted by Gasteiger charge is -2.38. The Bertz CT molecular complexity index is 646. The first-order valence-electron chi connectivity index (χ1n) is 8.24. The van der Waals surface area contributed by atoms with Gasteiger partial charge in [-0.1, -0.05) is 30.3 Å². The van der Waals surface area contributed by atoms with Crippen molar-refractivity contribution in [3.8, 4) is 0 Å². The lowest BCUT2D eigenvalue weighted by atomic mass is 10.0. The number of fused-ring (bicyclic) bond motifs is 2. The first kappa shape index (κ1) is 16.3. The Balaban J connectivity index is 1.55. The number of benzene rings is 1. The standard InChI is InChI=1S/C17H24N2O3S/c1-23(21,22)16-11-14-7-8-15(12-16)19(14)17(20)18-10-9-13-5-3-2-4-6-13/h2-6,14-16H,7-12H2,1H3,(H,18,20). The Morgan fingerprint density at radius 3 is 2.35 bits per heavy atom. The Morgan fingerprint density at radius 1 is 1.17 bits per heavy atom. The van der Waals surface area contributed by atoms with Gasteiger partial charge in [-0.3, -0.25) is 0 Å². The summed E-state index contributed by atoms with van der Waals surface area (Å²) in [5.41, 5.74) is 1.20. The number of piperidine rings is 1. The molecule has 1 aromatic carbocycles. The molecule has 0 saturated carbocycles. The van der Waals surface area contributed by atoms with E-state index in [0.29, 0.717) is 19.4 Å². The fourth-order valence-corrected chi connectivity index (χ4v) is 5.00. The molecule has 2 unspecified atom stereocenters. The van der Waals surface area contributed by atoms with Crippen LogP contribution in [0.25, 0.3) is 0 Å². The average Bonchev–Trinajstić information content (AvgIpc) is 2.77. The zero-order valence-corrected chi connectivity index (χ0v) is 14.3. The molecule has 126 valence electrons. The highest BCUT2D eigenvalue weighted by atomic mass is 32.2. The summed E-state index contributed by atoms with van der Waals surface area (Å²) in [5, 5.41) is 2.71. The second-order valence-corrected chi connectivity index (χ2v) is 9.01. The highest BCUT2D eigenvalue weighted by molar-refractivity contribution is 7.91. The molecule has 0 aromatic heterocycles. The van der Waals surface area contributed by atoms with Crippen LogP contribution in [-0.4, -0.2) is 49.5 Å². The van der Waals surface area contributed by atoms with E-state index in [1.165, 1.54) is 11.8 Å². The number of rotatable bonds is 4. The van der Waals surface area contributed by atoms with Gasteiger partial charge in [0, 0.05) is 24.9 Å². The van der Waals surface area contributed by atoms with Gasteiger partial charge in [-0.05, 0) is 37.7 Å². The maximum absolute atomic E-state index is 12.5. The predicted octanol–water partition coefficient (Wildman–Crippen LogP) is 1.98. The van der Waals surface area contributed by atoms with E-state index in [0.717, 1.165) is 19.3 Å². The average molecular weight is 336 g/mol. The second kappa shape index (κ2) is 6.51. The molecular formula is C17H24N2O3S. The van der Waals surface area contributed by atoms with Crippen LogP contribution >= 0.6 is 0 Å². The van der Waals surface area contributed by atoms with Gasteiger partial charge in [0.25, 0.3) is 0 Å². The normalized spacial score (nSPS) is 27.0. The van der Waals surface area contributed by atoms with Crippen LogP contribution in [0.5, 0.6) is 0 Å². The number of nitrogens with one attached hydrogen (secondary N) is 1. The van der Waals surface area contributed by atoms with Crippen molar-refractivity contribution < 1.29 is 13.2 Å². The van der Waals surface area contributed by atoms with Crippen molar-refractivity contribution in [3.05, 3.63) is 35.9 Å². The summed E-state index contributed by atoms with van der Waals surface area (Å²) in [6, 6.07) is 10.2. The first-order valence-corrected chi connectivity index (χ1v) is 10.2. The molecule has 5 nitrogen and oxygen atoms in total. The van der Waals surface area contributed by atoms with E-state index < -0.39 is 9.84 Å². The van der Waals surface area contributed by atoms with Crippen molar-refractivity contribution in [2.45, 2.75) is 49.4 Å². The van der Waals surface area contributed by atoms with E-state index in [4.69, 9.17) is 0 Å². The SMILES string of the molecule is CS(=O)(=O)C1CC2CCC(C1)N2C(=O)NCCc1ccccc1. The van der Waals surface area contributed by atoms with E-state index in [1.807, 2.05) is 35.2 Å². The summed E-state index contributed by atoms with van der Waals surface area (Å²) in [7, 11) is -3.01. The van der Waals surface area contributed by atoms with Crippen LogP contribution in [-0.2, 0) is 16.3 Å². The van der Waals surface area contributed by atoms with E-state index in [-0.39, 0.29) is 23.4 Å². The van der Waals surface area contributed by atoms with Gasteiger partial charge in [0.1, 0.15) is 9.84 Å². The summed E-state index contributed by atoms with van der Waals surface area (Å²) < 4.78 is 23.6. The van der Waals surface area contributed by atoms with Gasteiger partial charge in [0.05, 0.1) is 5.25 Å². The lowest BCUT2D eigenvalue weighted by Crippen LogP contribution is -2.53.